The summed E-state index contributed by atoms with van der Waals surface area (Å²) in [6, 6.07) is 0.332. The maximum absolute atomic E-state index is 12.3. The zero-order chi connectivity index (χ0) is 14.7. The highest BCUT2D eigenvalue weighted by Gasteiger charge is 2.38. The lowest BCUT2D eigenvalue weighted by molar-refractivity contribution is -0.130. The lowest BCUT2D eigenvalue weighted by Crippen LogP contribution is -2.45. The van der Waals surface area contributed by atoms with E-state index < -0.39 is 0 Å². The fraction of sp³-hybridized carbons (Fsp3) is 0.867. The number of hydrogen-bond donors (Lipinski definition) is 2. The van der Waals surface area contributed by atoms with Gasteiger partial charge in [-0.05, 0) is 32.1 Å². The van der Waals surface area contributed by atoms with Gasteiger partial charge < -0.3 is 16.0 Å². The molecule has 5 heteroatoms. The predicted octanol–water partition coefficient (Wildman–Crippen LogP) is 0.877. The van der Waals surface area contributed by atoms with Crippen LogP contribution >= 0.6 is 0 Å². The summed E-state index contributed by atoms with van der Waals surface area (Å²) in [7, 11) is 0. The number of rotatable bonds is 7. The SMILES string of the molecule is CCCC(C)N1CC(C(=O)NC(CN)C2CC2)CC1=O. The normalized spacial score (nSPS) is 25.6. The minimum atomic E-state index is -0.199. The van der Waals surface area contributed by atoms with Crippen LogP contribution in [0.25, 0.3) is 0 Å². The lowest BCUT2D eigenvalue weighted by atomic mass is 10.1. The summed E-state index contributed by atoms with van der Waals surface area (Å²) in [4.78, 5) is 26.2. The van der Waals surface area contributed by atoms with Crippen LogP contribution < -0.4 is 11.1 Å². The van der Waals surface area contributed by atoms with Gasteiger partial charge >= 0.3 is 0 Å². The predicted molar refractivity (Wildman–Crippen MR) is 77.9 cm³/mol. The van der Waals surface area contributed by atoms with Gasteiger partial charge in [-0.2, -0.15) is 0 Å². The van der Waals surface area contributed by atoms with Gasteiger partial charge in [0.1, 0.15) is 0 Å². The fourth-order valence-electron chi connectivity index (χ4n) is 3.08. The fourth-order valence-corrected chi connectivity index (χ4v) is 3.08. The van der Waals surface area contributed by atoms with Gasteiger partial charge in [0.2, 0.25) is 11.8 Å². The molecular weight excluding hydrogens is 254 g/mol. The summed E-state index contributed by atoms with van der Waals surface area (Å²) in [5.41, 5.74) is 5.71. The summed E-state index contributed by atoms with van der Waals surface area (Å²) in [6.45, 7) is 5.23. The van der Waals surface area contributed by atoms with Gasteiger partial charge in [0.15, 0.2) is 0 Å². The molecule has 3 unspecified atom stereocenters. The number of nitrogens with zero attached hydrogens (tertiary/aromatic N) is 1. The van der Waals surface area contributed by atoms with Crippen molar-refractivity contribution in [1.82, 2.24) is 10.2 Å². The van der Waals surface area contributed by atoms with Gasteiger partial charge in [-0.1, -0.05) is 13.3 Å². The number of amides is 2. The Bertz CT molecular complexity index is 368. The van der Waals surface area contributed by atoms with Crippen molar-refractivity contribution < 1.29 is 9.59 Å². The van der Waals surface area contributed by atoms with E-state index in [1.807, 2.05) is 4.90 Å². The summed E-state index contributed by atoms with van der Waals surface area (Å²) < 4.78 is 0. The van der Waals surface area contributed by atoms with Crippen LogP contribution in [0.4, 0.5) is 0 Å². The van der Waals surface area contributed by atoms with Crippen LogP contribution in [0.3, 0.4) is 0 Å². The first-order valence-corrected chi connectivity index (χ1v) is 7.86. The number of carbonyl (C=O) groups is 2. The highest BCUT2D eigenvalue weighted by molar-refractivity contribution is 5.89. The van der Waals surface area contributed by atoms with E-state index in [-0.39, 0.29) is 29.8 Å². The van der Waals surface area contributed by atoms with Crippen LogP contribution in [-0.2, 0) is 9.59 Å². The van der Waals surface area contributed by atoms with Crippen LogP contribution in [0.1, 0.15) is 46.0 Å². The Morgan fingerprint density at radius 2 is 2.20 bits per heavy atom. The first-order valence-electron chi connectivity index (χ1n) is 7.86. The Hall–Kier alpha value is -1.10. The van der Waals surface area contributed by atoms with Crippen LogP contribution in [0.15, 0.2) is 0 Å². The van der Waals surface area contributed by atoms with Crippen molar-refractivity contribution in [3.8, 4) is 0 Å². The molecular formula is C15H27N3O2. The number of nitrogens with two attached hydrogens (primary N) is 1. The second-order valence-corrected chi connectivity index (χ2v) is 6.27. The van der Waals surface area contributed by atoms with E-state index in [1.165, 1.54) is 0 Å². The van der Waals surface area contributed by atoms with Crippen LogP contribution in [0, 0.1) is 11.8 Å². The summed E-state index contributed by atoms with van der Waals surface area (Å²) in [5.74, 6) is 0.472. The average Bonchev–Trinajstić information content (AvgIpc) is 3.18. The van der Waals surface area contributed by atoms with Gasteiger partial charge in [-0.15, -0.1) is 0 Å². The summed E-state index contributed by atoms with van der Waals surface area (Å²) >= 11 is 0. The monoisotopic (exact) mass is 281 g/mol. The van der Waals surface area contributed by atoms with Crippen LogP contribution in [-0.4, -0.2) is 41.9 Å². The minimum Gasteiger partial charge on any atom is -0.352 e. The molecule has 0 aromatic heterocycles. The third-order valence-electron chi connectivity index (χ3n) is 4.54. The van der Waals surface area contributed by atoms with Gasteiger partial charge in [-0.3, -0.25) is 9.59 Å². The molecule has 2 amide bonds. The first-order chi connectivity index (χ1) is 9.56. The summed E-state index contributed by atoms with van der Waals surface area (Å²) in [5, 5.41) is 3.04. The molecule has 114 valence electrons. The Kier molecular flexibility index (Phi) is 5.02. The molecule has 1 saturated heterocycles. The third kappa shape index (κ3) is 3.51. The molecule has 1 aliphatic carbocycles. The molecule has 2 fully saturated rings. The Balaban J connectivity index is 1.87. The largest absolute Gasteiger partial charge is 0.352 e. The molecule has 5 nitrogen and oxygen atoms in total. The average molecular weight is 281 g/mol. The van der Waals surface area contributed by atoms with Crippen molar-refractivity contribution in [2.24, 2.45) is 17.6 Å². The minimum absolute atomic E-state index is 0.00639. The standard InChI is InChI=1S/C15H27N3O2/c1-3-4-10(2)18-9-12(7-14(18)19)15(20)17-13(8-16)11-5-6-11/h10-13H,3-9,16H2,1-2H3,(H,17,20). The highest BCUT2D eigenvalue weighted by atomic mass is 16.2. The maximum atomic E-state index is 12.3. The van der Waals surface area contributed by atoms with Gasteiger partial charge in [-0.25, -0.2) is 0 Å². The first kappa shape index (κ1) is 15.3. The molecule has 20 heavy (non-hydrogen) atoms. The lowest BCUT2D eigenvalue weighted by Gasteiger charge is -2.24. The summed E-state index contributed by atoms with van der Waals surface area (Å²) in [6.07, 6.45) is 4.71. The van der Waals surface area contributed by atoms with Crippen molar-refractivity contribution in [3.63, 3.8) is 0 Å². The Labute approximate surface area is 121 Å². The Morgan fingerprint density at radius 3 is 2.75 bits per heavy atom. The molecule has 0 spiro atoms. The molecule has 0 aromatic rings. The van der Waals surface area contributed by atoms with Crippen molar-refractivity contribution in [2.75, 3.05) is 13.1 Å². The van der Waals surface area contributed by atoms with Gasteiger partial charge in [0.25, 0.3) is 0 Å². The molecule has 1 aliphatic heterocycles. The molecule has 0 radical (unpaired) electrons. The van der Waals surface area contributed by atoms with Crippen molar-refractivity contribution in [2.45, 2.75) is 58.0 Å². The third-order valence-corrected chi connectivity index (χ3v) is 4.54. The second kappa shape index (κ2) is 6.57. The maximum Gasteiger partial charge on any atom is 0.225 e. The topological polar surface area (TPSA) is 75.4 Å². The van der Waals surface area contributed by atoms with Crippen molar-refractivity contribution >= 4 is 11.8 Å². The van der Waals surface area contributed by atoms with Crippen LogP contribution in [0.2, 0.25) is 0 Å². The van der Waals surface area contributed by atoms with E-state index in [0.29, 0.717) is 25.4 Å². The molecule has 3 atom stereocenters. The van der Waals surface area contributed by atoms with Crippen LogP contribution in [0.5, 0.6) is 0 Å². The molecule has 2 rings (SSSR count). The number of nitrogens with one attached hydrogen (secondary N) is 1. The van der Waals surface area contributed by atoms with E-state index in [1.54, 1.807) is 0 Å². The Morgan fingerprint density at radius 1 is 1.50 bits per heavy atom. The van der Waals surface area contributed by atoms with Crippen molar-refractivity contribution in [1.29, 1.82) is 0 Å². The molecule has 1 saturated carbocycles. The molecule has 2 aliphatic rings. The zero-order valence-electron chi connectivity index (χ0n) is 12.6. The zero-order valence-corrected chi connectivity index (χ0v) is 12.6. The van der Waals surface area contributed by atoms with E-state index >= 15 is 0 Å². The number of carbonyl (C=O) groups excluding carboxylic acids is 2. The van der Waals surface area contributed by atoms with E-state index in [4.69, 9.17) is 5.73 Å². The van der Waals surface area contributed by atoms with E-state index in [9.17, 15) is 9.59 Å². The van der Waals surface area contributed by atoms with E-state index in [0.717, 1.165) is 25.7 Å². The number of likely N-dealkylation sites (tertiary alicyclic amines) is 1. The molecule has 0 bridgehead atoms. The second-order valence-electron chi connectivity index (χ2n) is 6.27. The number of hydrogen-bond acceptors (Lipinski definition) is 3. The van der Waals surface area contributed by atoms with Gasteiger partial charge in [0.05, 0.1) is 5.92 Å². The van der Waals surface area contributed by atoms with Crippen molar-refractivity contribution in [3.05, 3.63) is 0 Å². The van der Waals surface area contributed by atoms with Gasteiger partial charge in [0, 0.05) is 31.6 Å². The molecule has 3 N–H and O–H groups in total. The molecule has 0 aromatic carbocycles. The highest BCUT2D eigenvalue weighted by Crippen LogP contribution is 2.32. The quantitative estimate of drug-likeness (QED) is 0.727. The molecule has 1 heterocycles. The smallest absolute Gasteiger partial charge is 0.225 e. The van der Waals surface area contributed by atoms with E-state index in [2.05, 4.69) is 19.2 Å².